The van der Waals surface area contributed by atoms with Gasteiger partial charge in [0.2, 0.25) is 11.8 Å². The second-order valence-corrected chi connectivity index (χ2v) is 9.62. The van der Waals surface area contributed by atoms with Gasteiger partial charge in [0, 0.05) is 18.0 Å². The van der Waals surface area contributed by atoms with Crippen molar-refractivity contribution in [3.8, 4) is 0 Å². The third-order valence-electron chi connectivity index (χ3n) is 3.31. The van der Waals surface area contributed by atoms with Crippen molar-refractivity contribution in [2.45, 2.75) is 11.2 Å². The van der Waals surface area contributed by atoms with Crippen molar-refractivity contribution in [3.63, 3.8) is 0 Å². The number of amidine groups is 1. The Kier molecular flexibility index (Phi) is 9.29. The first kappa shape index (κ1) is 26.7. The molecular weight excluding hydrogens is 562 g/mol. The Labute approximate surface area is 197 Å². The van der Waals surface area contributed by atoms with Crippen molar-refractivity contribution in [2.75, 3.05) is 30.4 Å². The number of halogens is 5. The van der Waals surface area contributed by atoms with Crippen LogP contribution in [0.25, 0.3) is 0 Å². The van der Waals surface area contributed by atoms with Crippen LogP contribution in [0.3, 0.4) is 0 Å². The maximum Gasteiger partial charge on any atom is 0.405 e. The van der Waals surface area contributed by atoms with Crippen LogP contribution in [0.15, 0.2) is 41.9 Å². The number of nitrogens with one attached hydrogen (secondary N) is 3. The van der Waals surface area contributed by atoms with E-state index in [2.05, 4.69) is 51.1 Å². The van der Waals surface area contributed by atoms with Gasteiger partial charge in [-0.05, 0) is 44.4 Å². The summed E-state index contributed by atoms with van der Waals surface area (Å²) in [4.78, 5) is 0. The molecule has 4 N–H and O–H groups in total. The Balaban J connectivity index is 2.00. The van der Waals surface area contributed by atoms with E-state index in [4.69, 9.17) is 0 Å². The van der Waals surface area contributed by atoms with Crippen LogP contribution in [-0.4, -0.2) is 67.0 Å². The zero-order chi connectivity index (χ0) is 24.6. The summed E-state index contributed by atoms with van der Waals surface area (Å²) in [6.07, 6.45) is -3.85. The lowest BCUT2D eigenvalue weighted by Gasteiger charge is -2.13. The third kappa shape index (κ3) is 9.42. The molecule has 0 fully saturated rings. The van der Waals surface area contributed by atoms with E-state index in [1.807, 2.05) is 5.32 Å². The molecule has 182 valence electrons. The molecule has 0 unspecified atom stereocenters. The lowest BCUT2D eigenvalue weighted by Crippen LogP contribution is -2.43. The molecule has 18 heteroatoms. The molecule has 1 aromatic heterocycles. The fourth-order valence-corrected chi connectivity index (χ4v) is 3.65. The van der Waals surface area contributed by atoms with E-state index >= 15 is 0 Å². The zero-order valence-electron chi connectivity index (χ0n) is 16.5. The second kappa shape index (κ2) is 11.5. The Morgan fingerprint density at radius 3 is 2.64 bits per heavy atom. The Morgan fingerprint density at radius 1 is 1.30 bits per heavy atom. The maximum atomic E-state index is 13.4. The maximum absolute atomic E-state index is 13.4. The lowest BCUT2D eigenvalue weighted by molar-refractivity contribution is -0.122. The Morgan fingerprint density at radius 2 is 2.03 bits per heavy atom. The van der Waals surface area contributed by atoms with Gasteiger partial charge in [-0.25, -0.2) is 17.4 Å². The van der Waals surface area contributed by atoms with E-state index in [0.717, 1.165) is 18.0 Å². The van der Waals surface area contributed by atoms with Crippen molar-refractivity contribution in [2.24, 2.45) is 9.55 Å². The first-order chi connectivity index (χ1) is 15.4. The number of nitrogens with zero attached hydrogens (tertiary/aromatic N) is 4. The number of hydrogen-bond donors (Lipinski definition) is 4. The molecule has 0 saturated heterocycles. The number of hydrogen-bond acceptors (Lipinski definition) is 8. The molecule has 1 aromatic carbocycles. The molecule has 0 aliphatic heterocycles. The number of sulfonamides is 1. The molecule has 0 bridgehead atoms. The fraction of sp³-hybridized carbons (Fsp3) is 0.333. The van der Waals surface area contributed by atoms with Gasteiger partial charge in [-0.15, -0.1) is 4.40 Å². The van der Waals surface area contributed by atoms with Crippen LogP contribution < -0.4 is 16.0 Å². The molecular formula is C15H16BrF4N7O4S2. The van der Waals surface area contributed by atoms with Gasteiger partial charge in [0.1, 0.15) is 12.4 Å². The minimum atomic E-state index is -4.58. The van der Waals surface area contributed by atoms with E-state index in [-0.39, 0.29) is 33.3 Å². The molecule has 33 heavy (non-hydrogen) atoms. The smallest absolute Gasteiger partial charge is 0.405 e. The average molecular weight is 578 g/mol. The molecule has 0 saturated carbocycles. The number of guanidine groups is 1. The SMILES string of the molecule is CS(=O)(=O)/N=C(/NCCSc1nonc1/C(=N/O)Nc1ccc(F)c(Br)c1)NCC(F)(F)F. The molecule has 11 nitrogen and oxygen atoms in total. The molecule has 0 aliphatic carbocycles. The molecule has 0 aliphatic rings. The average Bonchev–Trinajstić information content (AvgIpc) is 3.16. The van der Waals surface area contributed by atoms with Crippen molar-refractivity contribution in [1.29, 1.82) is 0 Å². The van der Waals surface area contributed by atoms with Crippen LogP contribution in [-0.2, 0) is 10.0 Å². The molecule has 0 amide bonds. The van der Waals surface area contributed by atoms with E-state index < -0.39 is 34.5 Å². The summed E-state index contributed by atoms with van der Waals surface area (Å²) in [5, 5.41) is 26.9. The van der Waals surface area contributed by atoms with Crippen LogP contribution in [0.2, 0.25) is 0 Å². The molecule has 0 radical (unpaired) electrons. The van der Waals surface area contributed by atoms with Gasteiger partial charge in [-0.3, -0.25) is 0 Å². The van der Waals surface area contributed by atoms with E-state index in [1.165, 1.54) is 18.2 Å². The summed E-state index contributed by atoms with van der Waals surface area (Å²) in [5.41, 5.74) is 0.359. The van der Waals surface area contributed by atoms with Crippen molar-refractivity contribution >= 4 is 55.2 Å². The molecule has 1 heterocycles. The topological polar surface area (TPSA) is 154 Å². The van der Waals surface area contributed by atoms with Crippen LogP contribution in [0, 0.1) is 5.82 Å². The van der Waals surface area contributed by atoms with Gasteiger partial charge in [0.25, 0.3) is 10.0 Å². The number of benzene rings is 1. The summed E-state index contributed by atoms with van der Waals surface area (Å²) in [5.74, 6) is -1.09. The van der Waals surface area contributed by atoms with Gasteiger partial charge in [-0.1, -0.05) is 16.9 Å². The van der Waals surface area contributed by atoms with Gasteiger partial charge in [-0.2, -0.15) is 13.2 Å². The van der Waals surface area contributed by atoms with Crippen molar-refractivity contribution in [3.05, 3.63) is 34.2 Å². The van der Waals surface area contributed by atoms with Gasteiger partial charge >= 0.3 is 6.18 Å². The van der Waals surface area contributed by atoms with Crippen molar-refractivity contribution < 1.29 is 35.8 Å². The minimum absolute atomic E-state index is 0.00294. The first-order valence-electron chi connectivity index (χ1n) is 8.62. The van der Waals surface area contributed by atoms with Crippen LogP contribution in [0.1, 0.15) is 5.69 Å². The quantitative estimate of drug-likeness (QED) is 0.0699. The Hall–Kier alpha value is -2.60. The highest BCUT2D eigenvalue weighted by molar-refractivity contribution is 9.10. The predicted molar refractivity (Wildman–Crippen MR) is 115 cm³/mol. The van der Waals surface area contributed by atoms with Gasteiger partial charge < -0.3 is 21.2 Å². The third-order valence-corrected chi connectivity index (χ3v) is 5.38. The highest BCUT2D eigenvalue weighted by atomic mass is 79.9. The standard InChI is InChI=1S/C15H16BrF4N7O4S2/c1-33(29,30)27-14(22-7-15(18,19)20)21-4-5-32-13-11(25-31-26-13)12(24-28)23-8-2-3-10(17)9(16)6-8/h2-3,6,28H,4-5,7H2,1H3,(H,23,24)(H2,21,22,27). The predicted octanol–water partition coefficient (Wildman–Crippen LogP) is 2.37. The van der Waals surface area contributed by atoms with Crippen LogP contribution >= 0.6 is 27.7 Å². The number of anilines is 1. The summed E-state index contributed by atoms with van der Waals surface area (Å²) in [7, 11) is -3.96. The Bertz CT molecular complexity index is 1130. The number of rotatable bonds is 8. The molecule has 2 aromatic rings. The van der Waals surface area contributed by atoms with Crippen molar-refractivity contribution in [1.82, 2.24) is 20.9 Å². The minimum Gasteiger partial charge on any atom is -0.409 e. The molecule has 0 atom stereocenters. The number of alkyl halides is 3. The van der Waals surface area contributed by atoms with Crippen LogP contribution in [0.4, 0.5) is 23.2 Å². The van der Waals surface area contributed by atoms with Gasteiger partial charge in [0.15, 0.2) is 10.7 Å². The number of thioether (sulfide) groups is 1. The first-order valence-corrected chi connectivity index (χ1v) is 12.2. The van der Waals surface area contributed by atoms with E-state index in [0.29, 0.717) is 5.69 Å². The summed E-state index contributed by atoms with van der Waals surface area (Å²) < 4.78 is 81.1. The number of aromatic nitrogens is 2. The van der Waals surface area contributed by atoms with Crippen LogP contribution in [0.5, 0.6) is 0 Å². The summed E-state index contributed by atoms with van der Waals surface area (Å²) >= 11 is 4.04. The monoisotopic (exact) mass is 577 g/mol. The summed E-state index contributed by atoms with van der Waals surface area (Å²) in [6.45, 7) is -1.51. The fourth-order valence-electron chi connectivity index (χ4n) is 2.06. The molecule has 0 spiro atoms. The lowest BCUT2D eigenvalue weighted by atomic mass is 10.3. The largest absolute Gasteiger partial charge is 0.409 e. The molecule has 2 rings (SSSR count). The second-order valence-electron chi connectivity index (χ2n) is 6.04. The number of oxime groups is 1. The zero-order valence-corrected chi connectivity index (χ0v) is 19.7. The highest BCUT2D eigenvalue weighted by Crippen LogP contribution is 2.23. The summed E-state index contributed by atoms with van der Waals surface area (Å²) in [6, 6.07) is 3.94. The normalized spacial score (nSPS) is 13.2. The highest BCUT2D eigenvalue weighted by Gasteiger charge is 2.27. The van der Waals surface area contributed by atoms with Gasteiger partial charge in [0.05, 0.1) is 10.7 Å². The van der Waals surface area contributed by atoms with E-state index in [1.54, 1.807) is 0 Å². The van der Waals surface area contributed by atoms with E-state index in [9.17, 15) is 31.2 Å².